The maximum Gasteiger partial charge on any atom is 0.240 e. The average Bonchev–Trinajstić information content (AvgIpc) is 2.71. The van der Waals surface area contributed by atoms with Crippen molar-refractivity contribution in [3.63, 3.8) is 0 Å². The summed E-state index contributed by atoms with van der Waals surface area (Å²) in [7, 11) is 0. The molecular formula is C7H12N6O. The Morgan fingerprint density at radius 1 is 1.71 bits per heavy atom. The molecule has 7 heteroatoms. The monoisotopic (exact) mass is 196 g/mol. The topological polar surface area (TPSA) is 110 Å². The second-order valence-corrected chi connectivity index (χ2v) is 3.62. The lowest BCUT2D eigenvalue weighted by molar-refractivity contribution is -0.123. The van der Waals surface area contributed by atoms with Gasteiger partial charge >= 0.3 is 0 Å². The van der Waals surface area contributed by atoms with Crippen LogP contribution in [0.3, 0.4) is 0 Å². The molecule has 0 aliphatic heterocycles. The van der Waals surface area contributed by atoms with E-state index in [-0.39, 0.29) is 11.9 Å². The molecular weight excluding hydrogens is 184 g/mol. The van der Waals surface area contributed by atoms with Crippen LogP contribution in [-0.4, -0.2) is 32.1 Å². The van der Waals surface area contributed by atoms with Gasteiger partial charge in [0.25, 0.3) is 0 Å². The van der Waals surface area contributed by atoms with Gasteiger partial charge in [-0.2, -0.15) is 5.21 Å². The van der Waals surface area contributed by atoms with Crippen molar-refractivity contribution >= 4 is 5.91 Å². The first-order valence-corrected chi connectivity index (χ1v) is 4.45. The van der Waals surface area contributed by atoms with E-state index >= 15 is 0 Å². The highest BCUT2D eigenvalue weighted by molar-refractivity contribution is 5.89. The molecule has 1 unspecified atom stereocenters. The first-order chi connectivity index (χ1) is 6.62. The third kappa shape index (κ3) is 1.58. The van der Waals surface area contributed by atoms with Crippen molar-refractivity contribution in [1.82, 2.24) is 25.9 Å². The Bertz CT molecular complexity index is 330. The lowest BCUT2D eigenvalue weighted by atomic mass is 10.2. The Labute approximate surface area is 80.4 Å². The summed E-state index contributed by atoms with van der Waals surface area (Å²) in [4.78, 5) is 11.5. The molecule has 2 rings (SSSR count). The van der Waals surface area contributed by atoms with Crippen molar-refractivity contribution in [2.45, 2.75) is 31.3 Å². The van der Waals surface area contributed by atoms with E-state index in [1.807, 2.05) is 0 Å². The van der Waals surface area contributed by atoms with Crippen molar-refractivity contribution in [1.29, 1.82) is 0 Å². The van der Waals surface area contributed by atoms with E-state index in [0.29, 0.717) is 5.82 Å². The van der Waals surface area contributed by atoms with E-state index in [1.54, 1.807) is 6.92 Å². The molecule has 76 valence electrons. The summed E-state index contributed by atoms with van der Waals surface area (Å²) in [5.41, 5.74) is 5.06. The SMILES string of the molecule is CC(NC(=O)C1(N)CC1)c1nn[nH]n1. The molecule has 0 aromatic carbocycles. The number of rotatable bonds is 3. The zero-order valence-electron chi connectivity index (χ0n) is 7.82. The molecule has 1 atom stereocenters. The van der Waals surface area contributed by atoms with Gasteiger partial charge in [-0.25, -0.2) is 0 Å². The molecule has 1 amide bonds. The quantitative estimate of drug-likeness (QED) is 0.566. The van der Waals surface area contributed by atoms with Crippen LogP contribution in [-0.2, 0) is 4.79 Å². The molecule has 7 nitrogen and oxygen atoms in total. The van der Waals surface area contributed by atoms with Crippen LogP contribution in [0.15, 0.2) is 0 Å². The van der Waals surface area contributed by atoms with Gasteiger partial charge in [0.15, 0.2) is 5.82 Å². The van der Waals surface area contributed by atoms with Crippen LogP contribution in [0.4, 0.5) is 0 Å². The fourth-order valence-corrected chi connectivity index (χ4v) is 1.12. The van der Waals surface area contributed by atoms with Crippen LogP contribution in [0.25, 0.3) is 0 Å². The van der Waals surface area contributed by atoms with E-state index < -0.39 is 5.54 Å². The minimum atomic E-state index is -0.655. The zero-order valence-corrected chi connectivity index (χ0v) is 7.82. The Morgan fingerprint density at radius 3 is 2.93 bits per heavy atom. The molecule has 1 aliphatic rings. The Kier molecular flexibility index (Phi) is 1.95. The van der Waals surface area contributed by atoms with Gasteiger partial charge in [-0.3, -0.25) is 4.79 Å². The predicted octanol–water partition coefficient (Wildman–Crippen LogP) is -1.13. The number of nitrogens with one attached hydrogen (secondary N) is 2. The van der Waals surface area contributed by atoms with Crippen molar-refractivity contribution in [3.05, 3.63) is 5.82 Å². The highest BCUT2D eigenvalue weighted by Crippen LogP contribution is 2.32. The molecule has 1 saturated carbocycles. The lowest BCUT2D eigenvalue weighted by Crippen LogP contribution is -2.43. The lowest BCUT2D eigenvalue weighted by Gasteiger charge is -2.13. The number of aromatic amines is 1. The van der Waals surface area contributed by atoms with Gasteiger partial charge in [0.05, 0.1) is 11.6 Å². The summed E-state index contributed by atoms with van der Waals surface area (Å²) in [5.74, 6) is 0.317. The number of H-pyrrole nitrogens is 1. The summed E-state index contributed by atoms with van der Waals surface area (Å²) < 4.78 is 0. The smallest absolute Gasteiger partial charge is 0.240 e. The van der Waals surface area contributed by atoms with Gasteiger partial charge in [0, 0.05) is 0 Å². The third-order valence-corrected chi connectivity index (χ3v) is 2.34. The van der Waals surface area contributed by atoms with Gasteiger partial charge in [0.2, 0.25) is 5.91 Å². The minimum Gasteiger partial charge on any atom is -0.345 e. The standard InChI is InChI=1S/C7H12N6O/c1-4(5-10-12-13-11-5)9-6(14)7(8)2-3-7/h4H,2-3,8H2,1H3,(H,9,14)(H,10,11,12,13). The number of nitrogens with zero attached hydrogens (tertiary/aromatic N) is 3. The molecule has 14 heavy (non-hydrogen) atoms. The number of amides is 1. The van der Waals surface area contributed by atoms with Crippen LogP contribution < -0.4 is 11.1 Å². The first-order valence-electron chi connectivity index (χ1n) is 4.45. The maximum absolute atomic E-state index is 11.5. The van der Waals surface area contributed by atoms with E-state index in [4.69, 9.17) is 5.73 Å². The van der Waals surface area contributed by atoms with E-state index in [2.05, 4.69) is 25.9 Å². The predicted molar refractivity (Wildman–Crippen MR) is 46.9 cm³/mol. The summed E-state index contributed by atoms with van der Waals surface area (Å²) in [6.07, 6.45) is 1.50. The highest BCUT2D eigenvalue weighted by Gasteiger charge is 2.46. The molecule has 0 spiro atoms. The van der Waals surface area contributed by atoms with Gasteiger partial charge in [-0.05, 0) is 19.8 Å². The largest absolute Gasteiger partial charge is 0.345 e. The number of tetrazole rings is 1. The van der Waals surface area contributed by atoms with Crippen molar-refractivity contribution in [2.75, 3.05) is 0 Å². The maximum atomic E-state index is 11.5. The molecule has 0 saturated heterocycles. The Hall–Kier alpha value is -1.50. The summed E-state index contributed by atoms with van der Waals surface area (Å²) in [5, 5.41) is 16.0. The van der Waals surface area contributed by atoms with Gasteiger partial charge in [0.1, 0.15) is 0 Å². The fraction of sp³-hybridized carbons (Fsp3) is 0.714. The number of aromatic nitrogens is 4. The van der Waals surface area contributed by atoms with Crippen LogP contribution in [0.2, 0.25) is 0 Å². The fourth-order valence-electron chi connectivity index (χ4n) is 1.12. The van der Waals surface area contributed by atoms with Crippen LogP contribution in [0.5, 0.6) is 0 Å². The first kappa shape index (κ1) is 9.07. The zero-order chi connectivity index (χ0) is 10.2. The van der Waals surface area contributed by atoms with Gasteiger partial charge < -0.3 is 11.1 Å². The molecule has 0 bridgehead atoms. The van der Waals surface area contributed by atoms with E-state index in [0.717, 1.165) is 12.8 Å². The molecule has 1 aliphatic carbocycles. The number of carbonyl (C=O) groups excluding carboxylic acids is 1. The van der Waals surface area contributed by atoms with Gasteiger partial charge in [-0.15, -0.1) is 10.2 Å². The molecule has 1 heterocycles. The van der Waals surface area contributed by atoms with Crippen LogP contribution in [0.1, 0.15) is 31.6 Å². The van der Waals surface area contributed by atoms with Crippen molar-refractivity contribution < 1.29 is 4.79 Å². The normalized spacial score (nSPS) is 20.1. The molecule has 1 aromatic heterocycles. The third-order valence-electron chi connectivity index (χ3n) is 2.34. The number of hydrogen-bond donors (Lipinski definition) is 3. The Balaban J connectivity index is 1.95. The van der Waals surface area contributed by atoms with Crippen molar-refractivity contribution in [3.8, 4) is 0 Å². The van der Waals surface area contributed by atoms with Gasteiger partial charge in [-0.1, -0.05) is 5.21 Å². The minimum absolute atomic E-state index is 0.144. The summed E-state index contributed by atoms with van der Waals surface area (Å²) >= 11 is 0. The second kappa shape index (κ2) is 3.02. The summed E-state index contributed by atoms with van der Waals surface area (Å²) in [6.45, 7) is 1.79. The van der Waals surface area contributed by atoms with Crippen LogP contribution >= 0.6 is 0 Å². The number of nitrogens with two attached hydrogens (primary N) is 1. The number of hydrogen-bond acceptors (Lipinski definition) is 5. The highest BCUT2D eigenvalue weighted by atomic mass is 16.2. The summed E-state index contributed by atoms with van der Waals surface area (Å²) in [6, 6.07) is -0.262. The second-order valence-electron chi connectivity index (χ2n) is 3.62. The van der Waals surface area contributed by atoms with E-state index in [9.17, 15) is 4.79 Å². The average molecular weight is 196 g/mol. The molecule has 1 fully saturated rings. The molecule has 0 radical (unpaired) electrons. The Morgan fingerprint density at radius 2 is 2.43 bits per heavy atom. The molecule has 1 aromatic rings. The molecule has 4 N–H and O–H groups in total. The van der Waals surface area contributed by atoms with Crippen LogP contribution in [0, 0.1) is 0 Å². The number of carbonyl (C=O) groups is 1. The van der Waals surface area contributed by atoms with E-state index in [1.165, 1.54) is 0 Å². The van der Waals surface area contributed by atoms with Crippen molar-refractivity contribution in [2.24, 2.45) is 5.73 Å².